The van der Waals surface area contributed by atoms with Gasteiger partial charge >= 0.3 is 0 Å². The van der Waals surface area contributed by atoms with Crippen molar-refractivity contribution in [1.29, 1.82) is 0 Å². The number of nitrogens with two attached hydrogens (primary N) is 1. The number of hydrogen-bond donors (Lipinski definition) is 2. The van der Waals surface area contributed by atoms with Crippen LogP contribution in [0, 0.1) is 12.8 Å². The summed E-state index contributed by atoms with van der Waals surface area (Å²) < 4.78 is 1.40. The van der Waals surface area contributed by atoms with Crippen molar-refractivity contribution in [2.24, 2.45) is 11.7 Å². The number of carbonyl (C=O) groups excluding carboxylic acids is 1. The van der Waals surface area contributed by atoms with Gasteiger partial charge in [-0.15, -0.1) is 0 Å². The molecule has 1 atom stereocenters. The van der Waals surface area contributed by atoms with E-state index in [0.717, 1.165) is 18.4 Å². The Balaban J connectivity index is 1.97. The van der Waals surface area contributed by atoms with E-state index in [1.807, 2.05) is 19.9 Å². The van der Waals surface area contributed by atoms with E-state index in [-0.39, 0.29) is 11.1 Å². The van der Waals surface area contributed by atoms with Gasteiger partial charge in [0.15, 0.2) is 0 Å². The van der Waals surface area contributed by atoms with Gasteiger partial charge in [-0.05, 0) is 44.2 Å². The molecule has 6 nitrogen and oxygen atoms in total. The van der Waals surface area contributed by atoms with Gasteiger partial charge in [0.25, 0.3) is 11.5 Å². The Kier molecular flexibility index (Phi) is 3.48. The van der Waals surface area contributed by atoms with Crippen LogP contribution in [0.2, 0.25) is 0 Å². The Morgan fingerprint density at radius 2 is 2.23 bits per heavy atom. The molecule has 2 aromatic rings. The summed E-state index contributed by atoms with van der Waals surface area (Å²) in [4.78, 5) is 29.2. The third kappa shape index (κ3) is 2.50. The lowest BCUT2D eigenvalue weighted by atomic mass is 9.95. The highest BCUT2D eigenvalue weighted by Gasteiger charge is 2.41. The molecule has 1 unspecified atom stereocenters. The third-order valence-corrected chi connectivity index (χ3v) is 4.40. The lowest BCUT2D eigenvalue weighted by Crippen LogP contribution is -2.54. The zero-order valence-electron chi connectivity index (χ0n) is 12.8. The van der Waals surface area contributed by atoms with Crippen molar-refractivity contribution in [3.63, 3.8) is 0 Å². The minimum absolute atomic E-state index is 0.0448. The van der Waals surface area contributed by atoms with E-state index >= 15 is 0 Å². The molecule has 0 aromatic carbocycles. The molecule has 0 saturated heterocycles. The lowest BCUT2D eigenvalue weighted by molar-refractivity contribution is 0.0895. The van der Waals surface area contributed by atoms with Crippen molar-refractivity contribution in [3.8, 4) is 0 Å². The number of carbonyl (C=O) groups is 1. The molecule has 1 amide bonds. The molecule has 1 aliphatic rings. The van der Waals surface area contributed by atoms with E-state index in [0.29, 0.717) is 18.1 Å². The number of rotatable bonds is 4. The van der Waals surface area contributed by atoms with Gasteiger partial charge in [0.2, 0.25) is 0 Å². The van der Waals surface area contributed by atoms with Crippen LogP contribution < -0.4 is 16.6 Å². The van der Waals surface area contributed by atoms with Crippen molar-refractivity contribution >= 4 is 11.6 Å². The Morgan fingerprint density at radius 3 is 2.86 bits per heavy atom. The maximum absolute atomic E-state index is 12.5. The second kappa shape index (κ2) is 5.21. The van der Waals surface area contributed by atoms with Gasteiger partial charge in [0, 0.05) is 18.9 Å². The van der Waals surface area contributed by atoms with Crippen LogP contribution in [0.15, 0.2) is 29.3 Å². The lowest BCUT2D eigenvalue weighted by Gasteiger charge is -2.29. The minimum atomic E-state index is -0.463. The molecule has 0 aliphatic heterocycles. The Bertz CT molecular complexity index is 794. The van der Waals surface area contributed by atoms with E-state index in [1.165, 1.54) is 10.6 Å². The SMILES string of the molecule is Cc1ccc2ncc(C(=O)NC(C)(CN)C3CC3)c(=O)n2c1. The Morgan fingerprint density at radius 1 is 1.50 bits per heavy atom. The number of nitrogens with zero attached hydrogens (tertiary/aromatic N) is 2. The molecule has 3 N–H and O–H groups in total. The van der Waals surface area contributed by atoms with Gasteiger partial charge in [-0.25, -0.2) is 4.98 Å². The van der Waals surface area contributed by atoms with Crippen LogP contribution in [0.1, 0.15) is 35.7 Å². The predicted molar refractivity (Wildman–Crippen MR) is 83.8 cm³/mol. The predicted octanol–water partition coefficient (Wildman–Crippen LogP) is 0.860. The third-order valence-electron chi connectivity index (χ3n) is 4.40. The van der Waals surface area contributed by atoms with Crippen LogP contribution in [0.5, 0.6) is 0 Å². The minimum Gasteiger partial charge on any atom is -0.345 e. The fourth-order valence-electron chi connectivity index (χ4n) is 2.71. The zero-order valence-corrected chi connectivity index (χ0v) is 12.8. The number of amides is 1. The summed E-state index contributed by atoms with van der Waals surface area (Å²) in [6.07, 6.45) is 5.14. The van der Waals surface area contributed by atoms with Crippen molar-refractivity contribution in [1.82, 2.24) is 14.7 Å². The maximum atomic E-state index is 12.5. The monoisotopic (exact) mass is 300 g/mol. The van der Waals surface area contributed by atoms with E-state index < -0.39 is 11.4 Å². The maximum Gasteiger partial charge on any atom is 0.270 e. The topological polar surface area (TPSA) is 89.5 Å². The molecule has 2 heterocycles. The van der Waals surface area contributed by atoms with E-state index in [9.17, 15) is 9.59 Å². The van der Waals surface area contributed by atoms with Crippen molar-refractivity contribution in [3.05, 3.63) is 46.0 Å². The number of pyridine rings is 1. The number of fused-ring (bicyclic) bond motifs is 1. The van der Waals surface area contributed by atoms with Gasteiger partial charge in [-0.2, -0.15) is 0 Å². The number of aromatic nitrogens is 2. The number of nitrogens with one attached hydrogen (secondary N) is 1. The van der Waals surface area contributed by atoms with Crippen LogP contribution in [-0.4, -0.2) is 27.4 Å². The van der Waals surface area contributed by atoms with Gasteiger partial charge in [-0.3, -0.25) is 14.0 Å². The zero-order chi connectivity index (χ0) is 15.9. The first-order chi connectivity index (χ1) is 10.4. The molecule has 22 heavy (non-hydrogen) atoms. The molecule has 1 fully saturated rings. The van der Waals surface area contributed by atoms with E-state index in [1.54, 1.807) is 12.3 Å². The highest BCUT2D eigenvalue weighted by atomic mass is 16.2. The summed E-state index contributed by atoms with van der Waals surface area (Å²) in [5, 5.41) is 2.92. The molecule has 0 bridgehead atoms. The van der Waals surface area contributed by atoms with Gasteiger partial charge < -0.3 is 11.1 Å². The molecule has 0 spiro atoms. The average Bonchev–Trinajstić information content (AvgIpc) is 3.33. The van der Waals surface area contributed by atoms with Crippen molar-refractivity contribution < 1.29 is 4.79 Å². The largest absolute Gasteiger partial charge is 0.345 e. The van der Waals surface area contributed by atoms with Crippen molar-refractivity contribution in [2.45, 2.75) is 32.2 Å². The molecule has 6 heteroatoms. The van der Waals surface area contributed by atoms with Crippen LogP contribution in [-0.2, 0) is 0 Å². The summed E-state index contributed by atoms with van der Waals surface area (Å²) in [5.41, 5.74) is 6.48. The van der Waals surface area contributed by atoms with Crippen LogP contribution in [0.3, 0.4) is 0 Å². The first kappa shape index (κ1) is 14.7. The Labute approximate surface area is 128 Å². The number of hydrogen-bond acceptors (Lipinski definition) is 4. The normalized spacial score (nSPS) is 17.2. The fourth-order valence-corrected chi connectivity index (χ4v) is 2.71. The van der Waals surface area contributed by atoms with Crippen LogP contribution in [0.4, 0.5) is 0 Å². The summed E-state index contributed by atoms with van der Waals surface area (Å²) in [7, 11) is 0. The Hall–Kier alpha value is -2.21. The van der Waals surface area contributed by atoms with Crippen LogP contribution >= 0.6 is 0 Å². The number of aryl methyl sites for hydroxylation is 1. The molecule has 0 radical (unpaired) electrons. The first-order valence-electron chi connectivity index (χ1n) is 7.45. The quantitative estimate of drug-likeness (QED) is 0.876. The molecule has 1 saturated carbocycles. The summed E-state index contributed by atoms with van der Waals surface area (Å²) >= 11 is 0. The van der Waals surface area contributed by atoms with Crippen molar-refractivity contribution in [2.75, 3.05) is 6.54 Å². The molecular weight excluding hydrogens is 280 g/mol. The van der Waals surface area contributed by atoms with E-state index in [4.69, 9.17) is 5.73 Å². The molecular formula is C16H20N4O2. The van der Waals surface area contributed by atoms with E-state index in [2.05, 4.69) is 10.3 Å². The molecule has 116 valence electrons. The molecule has 2 aromatic heterocycles. The highest BCUT2D eigenvalue weighted by molar-refractivity contribution is 5.94. The summed E-state index contributed by atoms with van der Waals surface area (Å²) in [6.45, 7) is 4.17. The first-order valence-corrected chi connectivity index (χ1v) is 7.45. The van der Waals surface area contributed by atoms with Gasteiger partial charge in [-0.1, -0.05) is 6.07 Å². The smallest absolute Gasteiger partial charge is 0.270 e. The second-order valence-corrected chi connectivity index (χ2v) is 6.26. The summed E-state index contributed by atoms with van der Waals surface area (Å²) in [6, 6.07) is 3.63. The summed E-state index contributed by atoms with van der Waals surface area (Å²) in [5.74, 6) is -0.0203. The fraction of sp³-hybridized carbons (Fsp3) is 0.438. The standard InChI is InChI=1S/C16H20N4O2/c1-10-3-6-13-18-7-12(15(22)20(13)8-10)14(21)19-16(2,9-17)11-4-5-11/h3,6-8,11H,4-5,9,17H2,1-2H3,(H,19,21). The van der Waals surface area contributed by atoms with Crippen LogP contribution in [0.25, 0.3) is 5.65 Å². The second-order valence-electron chi connectivity index (χ2n) is 6.26. The van der Waals surface area contributed by atoms with Gasteiger partial charge in [0.05, 0.1) is 5.54 Å². The highest BCUT2D eigenvalue weighted by Crippen LogP contribution is 2.39. The molecule has 3 rings (SSSR count). The average molecular weight is 300 g/mol. The molecule has 1 aliphatic carbocycles. The van der Waals surface area contributed by atoms with Gasteiger partial charge in [0.1, 0.15) is 11.2 Å².